The molecular formula is C11H16ClN3O3. The molecule has 1 aromatic heterocycles. The van der Waals surface area contributed by atoms with Gasteiger partial charge in [-0.2, -0.15) is 0 Å². The summed E-state index contributed by atoms with van der Waals surface area (Å²) in [5.41, 5.74) is 6.54. The molecule has 0 aliphatic rings. The lowest BCUT2D eigenvalue weighted by Crippen LogP contribution is -2.26. The lowest BCUT2D eigenvalue weighted by atomic mass is 10.2. The van der Waals surface area contributed by atoms with Gasteiger partial charge in [-0.05, 0) is 12.1 Å². The second kappa shape index (κ2) is 8.43. The van der Waals surface area contributed by atoms with Gasteiger partial charge in [-0.1, -0.05) is 0 Å². The van der Waals surface area contributed by atoms with Gasteiger partial charge in [0.1, 0.15) is 0 Å². The Kier molecular flexibility index (Phi) is 7.66. The topological polar surface area (TPSA) is 94.3 Å². The molecule has 0 saturated carbocycles. The van der Waals surface area contributed by atoms with Gasteiger partial charge < -0.3 is 15.8 Å². The first kappa shape index (κ1) is 16.3. The van der Waals surface area contributed by atoms with Crippen LogP contribution in [0.2, 0.25) is 0 Å². The molecule has 0 radical (unpaired) electrons. The van der Waals surface area contributed by atoms with E-state index in [0.29, 0.717) is 11.3 Å². The van der Waals surface area contributed by atoms with Crippen LogP contribution in [-0.4, -0.2) is 30.5 Å². The Bertz CT molecular complexity index is 412. The van der Waals surface area contributed by atoms with E-state index >= 15 is 0 Å². The normalized spacial score (nSPS) is 9.22. The first-order valence-corrected chi connectivity index (χ1v) is 5.17. The van der Waals surface area contributed by atoms with Crippen LogP contribution >= 0.6 is 12.4 Å². The van der Waals surface area contributed by atoms with E-state index in [-0.39, 0.29) is 43.8 Å². The highest BCUT2D eigenvalue weighted by atomic mass is 35.5. The van der Waals surface area contributed by atoms with E-state index in [4.69, 9.17) is 5.73 Å². The number of carbonyl (C=O) groups is 2. The number of nitrogens with zero attached hydrogens (tertiary/aromatic N) is 1. The fourth-order valence-electron chi connectivity index (χ4n) is 1.21. The molecule has 0 unspecified atom stereocenters. The number of nitrogens with one attached hydrogen (secondary N) is 1. The number of carbonyl (C=O) groups excluding carboxylic acids is 2. The van der Waals surface area contributed by atoms with Gasteiger partial charge in [-0.15, -0.1) is 12.4 Å². The molecule has 0 saturated heterocycles. The van der Waals surface area contributed by atoms with E-state index in [2.05, 4.69) is 15.0 Å². The summed E-state index contributed by atoms with van der Waals surface area (Å²) in [6.07, 6.45) is 1.68. The minimum Gasteiger partial charge on any atom is -0.469 e. The summed E-state index contributed by atoms with van der Waals surface area (Å²) in [4.78, 5) is 26.5. The zero-order valence-electron chi connectivity index (χ0n) is 10.0. The largest absolute Gasteiger partial charge is 0.469 e. The third-order valence-electron chi connectivity index (χ3n) is 2.13. The summed E-state index contributed by atoms with van der Waals surface area (Å²) in [7, 11) is 1.31. The van der Waals surface area contributed by atoms with Crippen LogP contribution in [-0.2, 0) is 16.1 Å². The maximum Gasteiger partial charge on any atom is 0.307 e. The summed E-state index contributed by atoms with van der Waals surface area (Å²) in [6.45, 7) is 0.523. The van der Waals surface area contributed by atoms with Gasteiger partial charge in [-0.3, -0.25) is 14.6 Å². The van der Waals surface area contributed by atoms with Gasteiger partial charge in [0.25, 0.3) is 5.91 Å². The highest BCUT2D eigenvalue weighted by molar-refractivity contribution is 5.94. The zero-order chi connectivity index (χ0) is 12.7. The third kappa shape index (κ3) is 5.11. The average molecular weight is 274 g/mol. The number of esters is 1. The van der Waals surface area contributed by atoms with Gasteiger partial charge in [0.05, 0.1) is 19.2 Å². The number of hydrogen-bond donors (Lipinski definition) is 2. The summed E-state index contributed by atoms with van der Waals surface area (Å²) >= 11 is 0. The predicted molar refractivity (Wildman–Crippen MR) is 68.3 cm³/mol. The molecule has 1 amide bonds. The van der Waals surface area contributed by atoms with Crippen molar-refractivity contribution >= 4 is 24.3 Å². The van der Waals surface area contributed by atoms with Crippen LogP contribution in [0.1, 0.15) is 22.5 Å². The standard InChI is InChI=1S/C11H15N3O3.ClH/c1-17-10(15)3-5-14-11(16)8-2-4-13-9(6-8)7-12;/h2,4,6H,3,5,7,12H2,1H3,(H,14,16);1H. The molecule has 18 heavy (non-hydrogen) atoms. The Hall–Kier alpha value is -1.66. The van der Waals surface area contributed by atoms with Crippen LogP contribution in [0, 0.1) is 0 Å². The summed E-state index contributed by atoms with van der Waals surface area (Å²) in [5, 5.41) is 2.61. The molecule has 0 fully saturated rings. The van der Waals surface area contributed by atoms with Gasteiger partial charge >= 0.3 is 5.97 Å². The minimum atomic E-state index is -0.359. The number of aromatic nitrogens is 1. The van der Waals surface area contributed by atoms with E-state index in [1.165, 1.54) is 13.3 Å². The van der Waals surface area contributed by atoms with Crippen LogP contribution in [0.25, 0.3) is 0 Å². The summed E-state index contributed by atoms with van der Waals surface area (Å²) in [5.74, 6) is -0.617. The molecule has 0 aromatic carbocycles. The molecule has 6 nitrogen and oxygen atoms in total. The summed E-state index contributed by atoms with van der Waals surface area (Å²) < 4.78 is 4.46. The van der Waals surface area contributed by atoms with Crippen molar-refractivity contribution in [3.05, 3.63) is 29.6 Å². The first-order chi connectivity index (χ1) is 8.17. The Labute approximate surface area is 111 Å². The maximum absolute atomic E-state index is 11.7. The number of methoxy groups -OCH3 is 1. The van der Waals surface area contributed by atoms with Crippen molar-refractivity contribution in [1.82, 2.24) is 10.3 Å². The van der Waals surface area contributed by atoms with Gasteiger partial charge in [0.2, 0.25) is 0 Å². The molecule has 0 spiro atoms. The number of pyridine rings is 1. The predicted octanol–water partition coefficient (Wildman–Crippen LogP) is 0.255. The molecule has 0 atom stereocenters. The van der Waals surface area contributed by atoms with Crippen LogP contribution < -0.4 is 11.1 Å². The molecule has 7 heteroatoms. The number of rotatable bonds is 5. The average Bonchev–Trinajstić information content (AvgIpc) is 2.38. The molecule has 0 aliphatic carbocycles. The second-order valence-corrected chi connectivity index (χ2v) is 3.32. The number of amides is 1. The van der Waals surface area contributed by atoms with Crippen molar-refractivity contribution in [2.45, 2.75) is 13.0 Å². The van der Waals surface area contributed by atoms with Crippen molar-refractivity contribution in [2.75, 3.05) is 13.7 Å². The van der Waals surface area contributed by atoms with E-state index in [0.717, 1.165) is 0 Å². The lowest BCUT2D eigenvalue weighted by Gasteiger charge is -2.05. The molecule has 1 rings (SSSR count). The zero-order valence-corrected chi connectivity index (χ0v) is 10.8. The van der Waals surface area contributed by atoms with Gasteiger partial charge in [0, 0.05) is 24.8 Å². The fourth-order valence-corrected chi connectivity index (χ4v) is 1.21. The number of halogens is 1. The SMILES string of the molecule is COC(=O)CCNC(=O)c1ccnc(CN)c1.Cl. The Morgan fingerprint density at radius 3 is 2.83 bits per heavy atom. The fraction of sp³-hybridized carbons (Fsp3) is 0.364. The van der Waals surface area contributed by atoms with Crippen molar-refractivity contribution in [2.24, 2.45) is 5.73 Å². The highest BCUT2D eigenvalue weighted by Crippen LogP contribution is 2.01. The Morgan fingerprint density at radius 1 is 1.50 bits per heavy atom. The Balaban J connectivity index is 0.00000289. The van der Waals surface area contributed by atoms with Crippen molar-refractivity contribution in [1.29, 1.82) is 0 Å². The third-order valence-corrected chi connectivity index (χ3v) is 2.13. The number of hydrogen-bond acceptors (Lipinski definition) is 5. The van der Waals surface area contributed by atoms with Crippen LogP contribution in [0.15, 0.2) is 18.3 Å². The van der Waals surface area contributed by atoms with Gasteiger partial charge in [-0.25, -0.2) is 0 Å². The quantitative estimate of drug-likeness (QED) is 0.750. The molecule has 1 heterocycles. The number of ether oxygens (including phenoxy) is 1. The Morgan fingerprint density at radius 2 is 2.22 bits per heavy atom. The van der Waals surface area contributed by atoms with Crippen molar-refractivity contribution < 1.29 is 14.3 Å². The summed E-state index contributed by atoms with van der Waals surface area (Å²) in [6, 6.07) is 3.21. The smallest absolute Gasteiger partial charge is 0.307 e. The van der Waals surface area contributed by atoms with Crippen LogP contribution in [0.5, 0.6) is 0 Å². The molecule has 100 valence electrons. The molecule has 1 aromatic rings. The highest BCUT2D eigenvalue weighted by Gasteiger charge is 2.07. The van der Waals surface area contributed by atoms with E-state index in [9.17, 15) is 9.59 Å². The molecule has 3 N–H and O–H groups in total. The first-order valence-electron chi connectivity index (χ1n) is 5.17. The van der Waals surface area contributed by atoms with Crippen LogP contribution in [0.4, 0.5) is 0 Å². The van der Waals surface area contributed by atoms with Crippen LogP contribution in [0.3, 0.4) is 0 Å². The molecule has 0 bridgehead atoms. The van der Waals surface area contributed by atoms with E-state index in [1.54, 1.807) is 12.1 Å². The molecule has 0 aliphatic heterocycles. The van der Waals surface area contributed by atoms with Crippen molar-refractivity contribution in [3.63, 3.8) is 0 Å². The second-order valence-electron chi connectivity index (χ2n) is 3.32. The number of nitrogens with two attached hydrogens (primary N) is 1. The van der Waals surface area contributed by atoms with E-state index < -0.39 is 0 Å². The molecular weight excluding hydrogens is 258 g/mol. The van der Waals surface area contributed by atoms with E-state index in [1.807, 2.05) is 0 Å². The minimum absolute atomic E-state index is 0. The van der Waals surface area contributed by atoms with Gasteiger partial charge in [0.15, 0.2) is 0 Å². The maximum atomic E-state index is 11.7. The lowest BCUT2D eigenvalue weighted by molar-refractivity contribution is -0.140. The monoisotopic (exact) mass is 273 g/mol. The van der Waals surface area contributed by atoms with Crippen molar-refractivity contribution in [3.8, 4) is 0 Å².